The molecule has 2 aromatic rings. The lowest BCUT2D eigenvalue weighted by molar-refractivity contribution is -0.117. The van der Waals surface area contributed by atoms with E-state index in [1.54, 1.807) is 0 Å². The molecule has 1 unspecified atom stereocenters. The van der Waals surface area contributed by atoms with Gasteiger partial charge in [0, 0.05) is 12.2 Å². The molecule has 0 aliphatic rings. The van der Waals surface area contributed by atoms with Gasteiger partial charge in [-0.3, -0.25) is 4.79 Å². The highest BCUT2D eigenvalue weighted by Crippen LogP contribution is 2.20. The normalized spacial score (nSPS) is 12.0. The molecule has 0 aromatic heterocycles. The third kappa shape index (κ3) is 4.33. The summed E-state index contributed by atoms with van der Waals surface area (Å²) < 4.78 is 5.58. The van der Waals surface area contributed by atoms with E-state index < -0.39 is 0 Å². The van der Waals surface area contributed by atoms with Crippen LogP contribution in [0.2, 0.25) is 0 Å². The van der Waals surface area contributed by atoms with Gasteiger partial charge in [0.25, 0.3) is 0 Å². The minimum absolute atomic E-state index is 0.105. The van der Waals surface area contributed by atoms with Crippen LogP contribution in [-0.4, -0.2) is 18.6 Å². The monoisotopic (exact) mass is 298 g/mol. The van der Waals surface area contributed by atoms with Crippen LogP contribution in [0.4, 0.5) is 5.69 Å². The largest absolute Gasteiger partial charge is 0.491 e. The fraction of sp³-hybridized carbons (Fsp3) is 0.278. The zero-order chi connectivity index (χ0) is 15.9. The van der Waals surface area contributed by atoms with Crippen molar-refractivity contribution in [2.24, 2.45) is 5.73 Å². The lowest BCUT2D eigenvalue weighted by Gasteiger charge is -2.16. The molecule has 4 nitrogen and oxygen atoms in total. The Hall–Kier alpha value is -2.33. The number of ether oxygens (including phenoxy) is 1. The Balaban J connectivity index is 2.04. The van der Waals surface area contributed by atoms with Crippen molar-refractivity contribution < 1.29 is 9.53 Å². The maximum Gasteiger partial charge on any atom is 0.233 e. The molecule has 0 bridgehead atoms. The molecule has 2 aromatic carbocycles. The molecule has 1 amide bonds. The lowest BCUT2D eigenvalue weighted by atomic mass is 9.98. The van der Waals surface area contributed by atoms with Crippen LogP contribution >= 0.6 is 0 Å². The van der Waals surface area contributed by atoms with Crippen LogP contribution in [0.5, 0.6) is 5.75 Å². The molecular formula is C18H22N2O2. The summed E-state index contributed by atoms with van der Waals surface area (Å²) in [4.78, 5) is 12.4. The zero-order valence-electron chi connectivity index (χ0n) is 13.0. The number of amides is 1. The summed E-state index contributed by atoms with van der Waals surface area (Å²) in [5.41, 5.74) is 7.41. The molecule has 0 aliphatic heterocycles. The first kappa shape index (κ1) is 16.0. The van der Waals surface area contributed by atoms with Gasteiger partial charge in [0.1, 0.15) is 5.75 Å². The van der Waals surface area contributed by atoms with E-state index >= 15 is 0 Å². The van der Waals surface area contributed by atoms with Gasteiger partial charge in [-0.25, -0.2) is 0 Å². The molecule has 1 atom stereocenters. The van der Waals surface area contributed by atoms with E-state index in [1.807, 2.05) is 68.4 Å². The number of carbonyl (C=O) groups excluding carboxylic acids is 1. The fourth-order valence-corrected chi connectivity index (χ4v) is 2.20. The van der Waals surface area contributed by atoms with E-state index in [1.165, 1.54) is 0 Å². The Morgan fingerprint density at radius 1 is 1.09 bits per heavy atom. The third-order valence-corrected chi connectivity index (χ3v) is 3.25. The molecule has 2 rings (SSSR count). The van der Waals surface area contributed by atoms with Crippen molar-refractivity contribution in [3.8, 4) is 5.75 Å². The summed E-state index contributed by atoms with van der Waals surface area (Å²) in [6, 6.07) is 16.9. The van der Waals surface area contributed by atoms with E-state index in [2.05, 4.69) is 5.32 Å². The Morgan fingerprint density at radius 3 is 2.27 bits per heavy atom. The van der Waals surface area contributed by atoms with Crippen molar-refractivity contribution in [1.82, 2.24) is 0 Å². The number of carbonyl (C=O) groups is 1. The first-order chi connectivity index (χ1) is 10.6. The van der Waals surface area contributed by atoms with Gasteiger partial charge in [-0.1, -0.05) is 30.3 Å². The topological polar surface area (TPSA) is 64.3 Å². The number of anilines is 1. The van der Waals surface area contributed by atoms with Gasteiger partial charge < -0.3 is 15.8 Å². The van der Waals surface area contributed by atoms with Crippen molar-refractivity contribution in [3.05, 3.63) is 60.2 Å². The van der Waals surface area contributed by atoms with Gasteiger partial charge >= 0.3 is 0 Å². The van der Waals surface area contributed by atoms with Gasteiger partial charge in [-0.05, 0) is 43.7 Å². The molecule has 116 valence electrons. The Bertz CT molecular complexity index is 594. The van der Waals surface area contributed by atoms with Crippen molar-refractivity contribution in [3.63, 3.8) is 0 Å². The standard InChI is InChI=1S/C18H22N2O2/c1-13(2)22-16-10-8-15(9-11-16)20-18(21)17(12-19)14-6-4-3-5-7-14/h3-11,13,17H,12,19H2,1-2H3,(H,20,21). The Labute approximate surface area is 131 Å². The fourth-order valence-electron chi connectivity index (χ4n) is 2.20. The van der Waals surface area contributed by atoms with Crippen LogP contribution in [0.3, 0.4) is 0 Å². The molecule has 0 fully saturated rings. The van der Waals surface area contributed by atoms with Crippen LogP contribution in [0.25, 0.3) is 0 Å². The quantitative estimate of drug-likeness (QED) is 0.861. The first-order valence-corrected chi connectivity index (χ1v) is 7.42. The minimum Gasteiger partial charge on any atom is -0.491 e. The third-order valence-electron chi connectivity index (χ3n) is 3.25. The van der Waals surface area contributed by atoms with Crippen LogP contribution in [0, 0.1) is 0 Å². The summed E-state index contributed by atoms with van der Waals surface area (Å²) in [5.74, 6) is 0.324. The second-order valence-electron chi connectivity index (χ2n) is 5.38. The average Bonchev–Trinajstić information content (AvgIpc) is 2.50. The number of hydrogen-bond donors (Lipinski definition) is 2. The number of rotatable bonds is 6. The summed E-state index contributed by atoms with van der Waals surface area (Å²) in [5, 5.41) is 2.90. The SMILES string of the molecule is CC(C)Oc1ccc(NC(=O)C(CN)c2ccccc2)cc1. The van der Waals surface area contributed by atoms with Gasteiger partial charge in [-0.2, -0.15) is 0 Å². The van der Waals surface area contributed by atoms with Gasteiger partial charge in [-0.15, -0.1) is 0 Å². The zero-order valence-corrected chi connectivity index (χ0v) is 13.0. The summed E-state index contributed by atoms with van der Waals surface area (Å²) >= 11 is 0. The molecule has 0 saturated carbocycles. The maximum absolute atomic E-state index is 12.4. The smallest absolute Gasteiger partial charge is 0.233 e. The van der Waals surface area contributed by atoms with Crippen molar-refractivity contribution in [2.75, 3.05) is 11.9 Å². The highest BCUT2D eigenvalue weighted by molar-refractivity contribution is 5.96. The second kappa shape index (κ2) is 7.61. The van der Waals surface area contributed by atoms with Crippen LogP contribution in [-0.2, 0) is 4.79 Å². The highest BCUT2D eigenvalue weighted by Gasteiger charge is 2.18. The van der Waals surface area contributed by atoms with Crippen LogP contribution in [0.15, 0.2) is 54.6 Å². The van der Waals surface area contributed by atoms with Crippen molar-refractivity contribution >= 4 is 11.6 Å². The Kier molecular flexibility index (Phi) is 5.55. The molecule has 0 radical (unpaired) electrons. The number of nitrogens with two attached hydrogens (primary N) is 1. The predicted octanol–water partition coefficient (Wildman–Crippen LogP) is 3.15. The average molecular weight is 298 g/mol. The van der Waals surface area contributed by atoms with Crippen LogP contribution in [0.1, 0.15) is 25.3 Å². The lowest BCUT2D eigenvalue weighted by Crippen LogP contribution is -2.27. The predicted molar refractivity (Wildman–Crippen MR) is 89.1 cm³/mol. The van der Waals surface area contributed by atoms with E-state index in [0.717, 1.165) is 17.0 Å². The summed E-state index contributed by atoms with van der Waals surface area (Å²) in [6.07, 6.45) is 0.125. The Morgan fingerprint density at radius 2 is 1.73 bits per heavy atom. The molecule has 3 N–H and O–H groups in total. The van der Waals surface area contributed by atoms with Crippen molar-refractivity contribution in [1.29, 1.82) is 0 Å². The second-order valence-corrected chi connectivity index (χ2v) is 5.38. The first-order valence-electron chi connectivity index (χ1n) is 7.42. The molecule has 0 spiro atoms. The number of nitrogens with one attached hydrogen (secondary N) is 1. The molecular weight excluding hydrogens is 276 g/mol. The minimum atomic E-state index is -0.354. The van der Waals surface area contributed by atoms with Gasteiger partial charge in [0.05, 0.1) is 12.0 Å². The maximum atomic E-state index is 12.4. The van der Waals surface area contributed by atoms with Gasteiger partial charge in [0.2, 0.25) is 5.91 Å². The molecule has 0 heterocycles. The number of hydrogen-bond acceptors (Lipinski definition) is 3. The van der Waals surface area contributed by atoms with E-state index in [4.69, 9.17) is 10.5 Å². The highest BCUT2D eigenvalue weighted by atomic mass is 16.5. The molecule has 22 heavy (non-hydrogen) atoms. The van der Waals surface area contributed by atoms with Crippen molar-refractivity contribution in [2.45, 2.75) is 25.9 Å². The number of benzene rings is 2. The van der Waals surface area contributed by atoms with E-state index in [0.29, 0.717) is 0 Å². The van der Waals surface area contributed by atoms with E-state index in [-0.39, 0.29) is 24.5 Å². The van der Waals surface area contributed by atoms with Gasteiger partial charge in [0.15, 0.2) is 0 Å². The summed E-state index contributed by atoms with van der Waals surface area (Å²) in [7, 11) is 0. The molecule has 4 heteroatoms. The molecule has 0 aliphatic carbocycles. The van der Waals surface area contributed by atoms with Crippen LogP contribution < -0.4 is 15.8 Å². The summed E-state index contributed by atoms with van der Waals surface area (Å²) in [6.45, 7) is 4.22. The molecule has 0 saturated heterocycles. The van der Waals surface area contributed by atoms with E-state index in [9.17, 15) is 4.79 Å².